The number of fused-ring (bicyclic) bond motifs is 1. The van der Waals surface area contributed by atoms with Crippen LogP contribution in [0.2, 0.25) is 0 Å². The van der Waals surface area contributed by atoms with E-state index in [9.17, 15) is 0 Å². The molecular formula is C14H12N2Se. The zero-order valence-electron chi connectivity index (χ0n) is 9.44. The van der Waals surface area contributed by atoms with Crippen molar-refractivity contribution in [2.45, 2.75) is 25.7 Å². The van der Waals surface area contributed by atoms with Crippen molar-refractivity contribution in [3.8, 4) is 17.3 Å². The van der Waals surface area contributed by atoms with Crippen LogP contribution in [0.3, 0.4) is 0 Å². The molecule has 0 fully saturated rings. The topological polar surface area (TPSA) is 36.7 Å². The van der Waals surface area contributed by atoms with Gasteiger partial charge < -0.3 is 0 Å². The summed E-state index contributed by atoms with van der Waals surface area (Å²) in [5.74, 6) is 0. The van der Waals surface area contributed by atoms with Gasteiger partial charge in [-0.1, -0.05) is 0 Å². The quantitative estimate of drug-likeness (QED) is 0.756. The molecule has 0 radical (unpaired) electrons. The molecule has 1 aromatic carbocycles. The van der Waals surface area contributed by atoms with Crippen LogP contribution < -0.4 is 0 Å². The summed E-state index contributed by atoms with van der Waals surface area (Å²) in [6, 6.07) is 9.97. The van der Waals surface area contributed by atoms with E-state index in [1.165, 1.54) is 42.5 Å². The molecule has 0 unspecified atom stereocenters. The molecule has 0 saturated carbocycles. The van der Waals surface area contributed by atoms with Gasteiger partial charge in [-0.15, -0.1) is 0 Å². The van der Waals surface area contributed by atoms with Gasteiger partial charge in [0.1, 0.15) is 0 Å². The summed E-state index contributed by atoms with van der Waals surface area (Å²) < 4.78 is 6.33. The van der Waals surface area contributed by atoms with Crippen LogP contribution in [0.4, 0.5) is 0 Å². The third kappa shape index (κ3) is 1.95. The summed E-state index contributed by atoms with van der Waals surface area (Å²) in [6.45, 7) is 0. The monoisotopic (exact) mass is 288 g/mol. The first-order valence-electron chi connectivity index (χ1n) is 5.86. The summed E-state index contributed by atoms with van der Waals surface area (Å²) in [5, 5.41) is 8.79. The first-order valence-corrected chi connectivity index (χ1v) is 7.49. The van der Waals surface area contributed by atoms with Crippen LogP contribution >= 0.6 is 0 Å². The average Bonchev–Trinajstić information content (AvgIpc) is 2.83. The molecule has 3 rings (SSSR count). The SMILES string of the molecule is N#Cc1ccc(-c2n[se]c3c2CCCC3)cc1. The van der Waals surface area contributed by atoms with Gasteiger partial charge in [-0.2, -0.15) is 0 Å². The van der Waals surface area contributed by atoms with E-state index in [1.54, 1.807) is 4.44 Å². The first-order chi connectivity index (χ1) is 8.38. The summed E-state index contributed by atoms with van der Waals surface area (Å²) in [6.07, 6.45) is 5.06. The van der Waals surface area contributed by atoms with Crippen molar-refractivity contribution in [3.63, 3.8) is 0 Å². The molecule has 0 aliphatic heterocycles. The molecule has 1 aliphatic carbocycles. The third-order valence-corrected chi connectivity index (χ3v) is 5.22. The van der Waals surface area contributed by atoms with Gasteiger partial charge in [0.25, 0.3) is 0 Å². The average molecular weight is 287 g/mol. The number of hydrogen-bond donors (Lipinski definition) is 0. The second-order valence-electron chi connectivity index (χ2n) is 4.33. The molecular weight excluding hydrogens is 275 g/mol. The number of benzene rings is 1. The van der Waals surface area contributed by atoms with Gasteiger partial charge in [-0.3, -0.25) is 0 Å². The first kappa shape index (κ1) is 10.8. The van der Waals surface area contributed by atoms with E-state index in [1.807, 2.05) is 24.3 Å². The molecule has 0 atom stereocenters. The maximum absolute atomic E-state index is 8.79. The normalized spacial score (nSPS) is 14.1. The van der Waals surface area contributed by atoms with Crippen molar-refractivity contribution in [2.75, 3.05) is 0 Å². The number of aryl methyl sites for hydroxylation is 1. The Morgan fingerprint density at radius 1 is 1.12 bits per heavy atom. The molecule has 0 spiro atoms. The van der Waals surface area contributed by atoms with Gasteiger partial charge >= 0.3 is 107 Å². The van der Waals surface area contributed by atoms with Crippen LogP contribution in [0.5, 0.6) is 0 Å². The van der Waals surface area contributed by atoms with Crippen LogP contribution in [0, 0.1) is 11.3 Å². The Labute approximate surface area is 107 Å². The number of nitrogens with zero attached hydrogens (tertiary/aromatic N) is 2. The van der Waals surface area contributed by atoms with Crippen LogP contribution in [-0.2, 0) is 12.8 Å². The van der Waals surface area contributed by atoms with Crippen LogP contribution in [0.1, 0.15) is 28.4 Å². The van der Waals surface area contributed by atoms with Crippen molar-refractivity contribution >= 4 is 14.7 Å². The Hall–Kier alpha value is -1.36. The summed E-state index contributed by atoms with van der Waals surface area (Å²) in [4.78, 5) is 0. The zero-order chi connectivity index (χ0) is 11.7. The van der Waals surface area contributed by atoms with E-state index in [2.05, 4.69) is 6.07 Å². The summed E-state index contributed by atoms with van der Waals surface area (Å²) >= 11 is 0.332. The van der Waals surface area contributed by atoms with Gasteiger partial charge in [0, 0.05) is 0 Å². The van der Waals surface area contributed by atoms with Gasteiger partial charge in [0.2, 0.25) is 0 Å². The van der Waals surface area contributed by atoms with E-state index >= 15 is 0 Å². The minimum absolute atomic E-state index is 0.332. The van der Waals surface area contributed by atoms with Crippen LogP contribution in [0.25, 0.3) is 11.3 Å². The van der Waals surface area contributed by atoms with Gasteiger partial charge in [0.15, 0.2) is 0 Å². The second kappa shape index (κ2) is 4.49. The van der Waals surface area contributed by atoms with Crippen molar-refractivity contribution in [2.24, 2.45) is 0 Å². The van der Waals surface area contributed by atoms with Crippen LogP contribution in [0.15, 0.2) is 24.3 Å². The Kier molecular flexibility index (Phi) is 2.84. The standard InChI is InChI=1S/C14H12N2Se/c15-9-10-5-7-11(8-6-10)14-12-3-1-2-4-13(12)17-16-14/h5-8H,1-4H2. The fraction of sp³-hybridized carbons (Fsp3) is 0.286. The molecule has 84 valence electrons. The zero-order valence-corrected chi connectivity index (χ0v) is 11.2. The molecule has 2 nitrogen and oxygen atoms in total. The van der Waals surface area contributed by atoms with Gasteiger partial charge in [-0.05, 0) is 0 Å². The van der Waals surface area contributed by atoms with E-state index in [0.29, 0.717) is 14.7 Å². The van der Waals surface area contributed by atoms with E-state index in [0.717, 1.165) is 5.56 Å². The number of hydrogen-bond acceptors (Lipinski definition) is 2. The second-order valence-corrected chi connectivity index (χ2v) is 6.13. The van der Waals surface area contributed by atoms with E-state index in [4.69, 9.17) is 9.24 Å². The number of rotatable bonds is 1. The van der Waals surface area contributed by atoms with Crippen molar-refractivity contribution in [1.82, 2.24) is 3.98 Å². The fourth-order valence-electron chi connectivity index (χ4n) is 2.31. The summed E-state index contributed by atoms with van der Waals surface area (Å²) in [7, 11) is 0. The number of nitriles is 1. The Morgan fingerprint density at radius 3 is 2.65 bits per heavy atom. The predicted octanol–water partition coefficient (Wildman–Crippen LogP) is 2.56. The third-order valence-electron chi connectivity index (χ3n) is 3.24. The van der Waals surface area contributed by atoms with Crippen molar-refractivity contribution in [3.05, 3.63) is 39.8 Å². The van der Waals surface area contributed by atoms with Crippen LogP contribution in [-0.4, -0.2) is 18.7 Å². The number of aromatic nitrogens is 1. The molecule has 17 heavy (non-hydrogen) atoms. The molecule has 0 bridgehead atoms. The van der Waals surface area contributed by atoms with E-state index in [-0.39, 0.29) is 0 Å². The maximum atomic E-state index is 8.79. The van der Waals surface area contributed by atoms with Crippen molar-refractivity contribution in [1.29, 1.82) is 5.26 Å². The Bertz CT molecular complexity index is 575. The Balaban J connectivity index is 2.03. The molecule has 2 aromatic rings. The molecule has 1 aliphatic rings. The minimum atomic E-state index is 0.332. The molecule has 0 N–H and O–H groups in total. The summed E-state index contributed by atoms with van der Waals surface area (Å²) in [5.41, 5.74) is 4.60. The van der Waals surface area contributed by atoms with E-state index < -0.39 is 0 Å². The molecule has 0 amide bonds. The molecule has 1 heterocycles. The van der Waals surface area contributed by atoms with Gasteiger partial charge in [-0.25, -0.2) is 0 Å². The van der Waals surface area contributed by atoms with Crippen molar-refractivity contribution < 1.29 is 0 Å². The molecule has 3 heteroatoms. The predicted molar refractivity (Wildman–Crippen MR) is 68.0 cm³/mol. The fourth-order valence-corrected chi connectivity index (χ4v) is 4.33. The Morgan fingerprint density at radius 2 is 1.88 bits per heavy atom. The molecule has 0 saturated heterocycles. The van der Waals surface area contributed by atoms with Gasteiger partial charge in [0.05, 0.1) is 0 Å². The molecule has 1 aromatic heterocycles.